The fourth-order valence-corrected chi connectivity index (χ4v) is 2.54. The molecule has 0 spiro atoms. The second-order valence-corrected chi connectivity index (χ2v) is 5.97. The van der Waals surface area contributed by atoms with E-state index in [4.69, 9.17) is 9.47 Å². The van der Waals surface area contributed by atoms with Gasteiger partial charge in [0.15, 0.2) is 17.3 Å². The molecule has 2 aromatic rings. The van der Waals surface area contributed by atoms with Crippen molar-refractivity contribution in [1.82, 2.24) is 0 Å². The van der Waals surface area contributed by atoms with Crippen LogP contribution in [0.4, 0.5) is 5.69 Å². The highest BCUT2D eigenvalue weighted by atomic mass is 79.9. The van der Waals surface area contributed by atoms with Gasteiger partial charge in [-0.1, -0.05) is 15.9 Å². The van der Waals surface area contributed by atoms with Crippen LogP contribution in [0.25, 0.3) is 0 Å². The van der Waals surface area contributed by atoms with Gasteiger partial charge in [-0.05, 0) is 37.3 Å². The maximum Gasteiger partial charge on any atom is 0.255 e. The van der Waals surface area contributed by atoms with Crippen LogP contribution in [-0.2, 0) is 0 Å². The molecule has 1 heterocycles. The van der Waals surface area contributed by atoms with Crippen LogP contribution in [0.1, 0.15) is 27.6 Å². The molecule has 1 aliphatic heterocycles. The van der Waals surface area contributed by atoms with Gasteiger partial charge in [-0.15, -0.1) is 0 Å². The number of ether oxygens (including phenoxy) is 2. The van der Waals surface area contributed by atoms with Crippen molar-refractivity contribution in [2.45, 2.75) is 6.92 Å². The Morgan fingerprint density at radius 1 is 1.04 bits per heavy atom. The number of benzene rings is 2. The molecule has 1 amide bonds. The average Bonchev–Trinajstić information content (AvgIpc) is 2.54. The molecular weight excluding hydrogens is 362 g/mol. The number of Topliss-reactive ketones (excluding diaryl/α,β-unsaturated/α-hetero) is 1. The van der Waals surface area contributed by atoms with E-state index in [0.29, 0.717) is 41.5 Å². The van der Waals surface area contributed by atoms with Gasteiger partial charge in [-0.3, -0.25) is 9.59 Å². The van der Waals surface area contributed by atoms with Gasteiger partial charge in [0.1, 0.15) is 13.2 Å². The topological polar surface area (TPSA) is 64.6 Å². The van der Waals surface area contributed by atoms with Crippen molar-refractivity contribution in [3.63, 3.8) is 0 Å². The molecule has 0 radical (unpaired) electrons. The van der Waals surface area contributed by atoms with Gasteiger partial charge in [0, 0.05) is 21.7 Å². The minimum absolute atomic E-state index is 0.159. The highest BCUT2D eigenvalue weighted by Crippen LogP contribution is 2.36. The fraction of sp³-hybridized carbons (Fsp3) is 0.176. The summed E-state index contributed by atoms with van der Waals surface area (Å²) in [6.45, 7) is 2.32. The molecule has 1 aliphatic rings. The normalized spacial score (nSPS) is 12.6. The lowest BCUT2D eigenvalue weighted by Crippen LogP contribution is -2.18. The summed E-state index contributed by atoms with van der Waals surface area (Å²) in [5.74, 6) is 0.584. The quantitative estimate of drug-likeness (QED) is 0.831. The van der Waals surface area contributed by atoms with E-state index in [2.05, 4.69) is 21.2 Å². The predicted molar refractivity (Wildman–Crippen MR) is 89.5 cm³/mol. The molecular formula is C17H14BrNO4. The summed E-state index contributed by atoms with van der Waals surface area (Å²) < 4.78 is 11.9. The Hall–Kier alpha value is -2.34. The molecule has 3 rings (SSSR count). The fourth-order valence-electron chi connectivity index (χ4n) is 2.28. The van der Waals surface area contributed by atoms with Crippen LogP contribution in [0.3, 0.4) is 0 Å². The first-order valence-corrected chi connectivity index (χ1v) is 7.85. The minimum Gasteiger partial charge on any atom is -0.486 e. The molecule has 0 aliphatic carbocycles. The standard InChI is InChI=1S/C17H14BrNO4/c1-10(20)13-8-15-16(23-7-6-22-15)9-14(13)19-17(21)11-2-4-12(18)5-3-11/h2-5,8-9H,6-7H2,1H3,(H,19,21). The smallest absolute Gasteiger partial charge is 0.255 e. The zero-order chi connectivity index (χ0) is 16.4. The number of nitrogens with one attached hydrogen (secondary N) is 1. The number of hydrogen-bond donors (Lipinski definition) is 1. The summed E-state index contributed by atoms with van der Waals surface area (Å²) in [6.07, 6.45) is 0. The van der Waals surface area contributed by atoms with Crippen molar-refractivity contribution >= 4 is 33.3 Å². The Balaban J connectivity index is 1.93. The third-order valence-corrected chi connectivity index (χ3v) is 3.94. The molecule has 2 aromatic carbocycles. The average molecular weight is 376 g/mol. The molecule has 0 fully saturated rings. The van der Waals surface area contributed by atoms with Gasteiger partial charge in [0.2, 0.25) is 0 Å². The molecule has 1 N–H and O–H groups in total. The van der Waals surface area contributed by atoms with Crippen LogP contribution in [0, 0.1) is 0 Å². The molecule has 0 aromatic heterocycles. The van der Waals surface area contributed by atoms with Crippen LogP contribution in [0.2, 0.25) is 0 Å². The summed E-state index contributed by atoms with van der Waals surface area (Å²) in [6, 6.07) is 10.2. The van der Waals surface area contributed by atoms with E-state index in [1.165, 1.54) is 6.92 Å². The van der Waals surface area contributed by atoms with Gasteiger partial charge in [-0.25, -0.2) is 0 Å². The first kappa shape index (κ1) is 15.6. The van der Waals surface area contributed by atoms with E-state index in [9.17, 15) is 9.59 Å². The maximum absolute atomic E-state index is 12.4. The number of carbonyl (C=O) groups is 2. The highest BCUT2D eigenvalue weighted by molar-refractivity contribution is 9.10. The van der Waals surface area contributed by atoms with E-state index < -0.39 is 0 Å². The summed E-state index contributed by atoms with van der Waals surface area (Å²) in [5.41, 5.74) is 1.30. The van der Waals surface area contributed by atoms with E-state index in [1.54, 1.807) is 36.4 Å². The molecule has 0 atom stereocenters. The highest BCUT2D eigenvalue weighted by Gasteiger charge is 2.19. The van der Waals surface area contributed by atoms with Gasteiger partial charge < -0.3 is 14.8 Å². The number of rotatable bonds is 3. The number of anilines is 1. The SMILES string of the molecule is CC(=O)c1cc2c(cc1NC(=O)c1ccc(Br)cc1)OCCO2. The van der Waals surface area contributed by atoms with Crippen LogP contribution in [-0.4, -0.2) is 24.9 Å². The number of carbonyl (C=O) groups excluding carboxylic acids is 2. The van der Waals surface area contributed by atoms with Crippen molar-refractivity contribution in [2.75, 3.05) is 18.5 Å². The first-order chi connectivity index (χ1) is 11.0. The summed E-state index contributed by atoms with van der Waals surface area (Å²) in [5, 5.41) is 2.77. The van der Waals surface area contributed by atoms with Crippen LogP contribution < -0.4 is 14.8 Å². The van der Waals surface area contributed by atoms with Gasteiger partial charge in [0.25, 0.3) is 5.91 Å². The Kier molecular flexibility index (Phi) is 4.34. The zero-order valence-corrected chi connectivity index (χ0v) is 14.0. The molecule has 0 bridgehead atoms. The largest absolute Gasteiger partial charge is 0.486 e. The zero-order valence-electron chi connectivity index (χ0n) is 12.4. The monoisotopic (exact) mass is 375 g/mol. The Morgan fingerprint density at radius 3 is 2.26 bits per heavy atom. The lowest BCUT2D eigenvalue weighted by atomic mass is 10.1. The number of amides is 1. The van der Waals surface area contributed by atoms with E-state index in [1.807, 2.05) is 0 Å². The van der Waals surface area contributed by atoms with Crippen LogP contribution in [0.5, 0.6) is 11.5 Å². The van der Waals surface area contributed by atoms with E-state index >= 15 is 0 Å². The molecule has 118 valence electrons. The second kappa shape index (κ2) is 6.42. The molecule has 5 nitrogen and oxygen atoms in total. The van der Waals surface area contributed by atoms with Crippen molar-refractivity contribution in [3.05, 3.63) is 52.0 Å². The summed E-state index contributed by atoms with van der Waals surface area (Å²) in [7, 11) is 0. The van der Waals surface area contributed by atoms with Crippen molar-refractivity contribution in [2.24, 2.45) is 0 Å². The van der Waals surface area contributed by atoms with Crippen molar-refractivity contribution in [1.29, 1.82) is 0 Å². The van der Waals surface area contributed by atoms with Crippen molar-refractivity contribution < 1.29 is 19.1 Å². The molecule has 0 unspecified atom stereocenters. The third-order valence-electron chi connectivity index (χ3n) is 3.42. The maximum atomic E-state index is 12.4. The Bertz CT molecular complexity index is 771. The number of ketones is 1. The molecule has 23 heavy (non-hydrogen) atoms. The number of halogens is 1. The first-order valence-electron chi connectivity index (χ1n) is 7.06. The molecule has 0 saturated carbocycles. The van der Waals surface area contributed by atoms with Crippen LogP contribution >= 0.6 is 15.9 Å². The number of hydrogen-bond acceptors (Lipinski definition) is 4. The predicted octanol–water partition coefficient (Wildman–Crippen LogP) is 3.68. The number of fused-ring (bicyclic) bond motifs is 1. The van der Waals surface area contributed by atoms with Gasteiger partial charge >= 0.3 is 0 Å². The minimum atomic E-state index is -0.295. The molecule has 0 saturated heterocycles. The lowest BCUT2D eigenvalue weighted by Gasteiger charge is -2.20. The van der Waals surface area contributed by atoms with Gasteiger partial charge in [-0.2, -0.15) is 0 Å². The Labute approximate surface area is 141 Å². The van der Waals surface area contributed by atoms with E-state index in [-0.39, 0.29) is 11.7 Å². The summed E-state index contributed by atoms with van der Waals surface area (Å²) in [4.78, 5) is 24.2. The van der Waals surface area contributed by atoms with Gasteiger partial charge in [0.05, 0.1) is 5.69 Å². The lowest BCUT2D eigenvalue weighted by molar-refractivity contribution is 0.101. The summed E-state index contributed by atoms with van der Waals surface area (Å²) >= 11 is 3.33. The van der Waals surface area contributed by atoms with E-state index in [0.717, 1.165) is 4.47 Å². The second-order valence-electron chi connectivity index (χ2n) is 5.06. The third kappa shape index (κ3) is 3.37. The Morgan fingerprint density at radius 2 is 1.65 bits per heavy atom. The molecule has 6 heteroatoms. The van der Waals surface area contributed by atoms with Crippen LogP contribution in [0.15, 0.2) is 40.9 Å². The van der Waals surface area contributed by atoms with Crippen molar-refractivity contribution in [3.8, 4) is 11.5 Å².